The lowest BCUT2D eigenvalue weighted by molar-refractivity contribution is 0.470. The zero-order valence-corrected chi connectivity index (χ0v) is 12.8. The fourth-order valence-electron chi connectivity index (χ4n) is 1.67. The molecule has 2 heterocycles. The van der Waals surface area contributed by atoms with E-state index in [2.05, 4.69) is 9.97 Å². The first kappa shape index (κ1) is 15.0. The first-order chi connectivity index (χ1) is 9.43. The molecule has 0 aliphatic carbocycles. The summed E-state index contributed by atoms with van der Waals surface area (Å²) in [6.45, 7) is 0.346. The number of hydrogen-bond donors (Lipinski definition) is 0. The Bertz CT molecular complexity index is 685. The Hall–Kier alpha value is -1.44. The molecule has 0 atom stereocenters. The molecule has 0 spiro atoms. The van der Waals surface area contributed by atoms with Crippen LogP contribution in [0.2, 0.25) is 5.15 Å². The molecule has 2 rings (SSSR count). The monoisotopic (exact) mass is 314 g/mol. The standard InChI is InChI=1S/C12H15ClN4O2S/c1-16-9-15-12(11(16)13)20(18,19)17(2)8-5-10-3-6-14-7-4-10/h3-4,6-7,9H,5,8H2,1-2H3. The molecule has 0 unspecified atom stereocenters. The largest absolute Gasteiger partial charge is 0.324 e. The number of sulfonamides is 1. The van der Waals surface area contributed by atoms with Gasteiger partial charge in [-0.3, -0.25) is 4.98 Å². The number of likely N-dealkylation sites (N-methyl/N-ethyl adjacent to an activating group) is 1. The summed E-state index contributed by atoms with van der Waals surface area (Å²) in [4.78, 5) is 7.78. The van der Waals surface area contributed by atoms with Gasteiger partial charge in [0.15, 0.2) is 0 Å². The van der Waals surface area contributed by atoms with Crippen molar-refractivity contribution >= 4 is 21.6 Å². The number of nitrogens with zero attached hydrogens (tertiary/aromatic N) is 4. The van der Waals surface area contributed by atoms with Crippen LogP contribution in [0.25, 0.3) is 0 Å². The van der Waals surface area contributed by atoms with Crippen LogP contribution in [0, 0.1) is 0 Å². The minimum Gasteiger partial charge on any atom is -0.324 e. The van der Waals surface area contributed by atoms with Gasteiger partial charge in [0, 0.05) is 33.0 Å². The smallest absolute Gasteiger partial charge is 0.263 e. The molecule has 20 heavy (non-hydrogen) atoms. The molecule has 0 saturated heterocycles. The summed E-state index contributed by atoms with van der Waals surface area (Å²) in [5, 5.41) is -0.000318. The number of imidazole rings is 1. The van der Waals surface area contributed by atoms with E-state index in [9.17, 15) is 8.42 Å². The first-order valence-electron chi connectivity index (χ1n) is 5.95. The molecule has 0 radical (unpaired) electrons. The lowest BCUT2D eigenvalue weighted by Gasteiger charge is -2.15. The van der Waals surface area contributed by atoms with E-state index in [4.69, 9.17) is 11.6 Å². The third-order valence-electron chi connectivity index (χ3n) is 2.95. The highest BCUT2D eigenvalue weighted by atomic mass is 35.5. The van der Waals surface area contributed by atoms with Crippen molar-refractivity contribution in [3.8, 4) is 0 Å². The van der Waals surface area contributed by atoms with E-state index in [1.807, 2.05) is 12.1 Å². The SMILES string of the molecule is CN(CCc1ccncc1)S(=O)(=O)c1ncn(C)c1Cl. The fourth-order valence-corrected chi connectivity index (χ4v) is 3.22. The van der Waals surface area contributed by atoms with E-state index in [1.54, 1.807) is 19.4 Å². The summed E-state index contributed by atoms with van der Waals surface area (Å²) in [5.74, 6) is 0. The Balaban J connectivity index is 2.12. The molecule has 6 nitrogen and oxygen atoms in total. The molecule has 0 aliphatic heterocycles. The van der Waals surface area contributed by atoms with Crippen LogP contribution < -0.4 is 0 Å². The van der Waals surface area contributed by atoms with E-state index in [-0.39, 0.29) is 10.2 Å². The summed E-state index contributed by atoms with van der Waals surface area (Å²) < 4.78 is 27.4. The number of halogens is 1. The first-order valence-corrected chi connectivity index (χ1v) is 7.77. The number of hydrogen-bond acceptors (Lipinski definition) is 4. The average Bonchev–Trinajstić information content (AvgIpc) is 2.78. The molecule has 0 bridgehead atoms. The Kier molecular flexibility index (Phi) is 4.42. The van der Waals surface area contributed by atoms with Crippen LogP contribution in [0.5, 0.6) is 0 Å². The normalized spacial score (nSPS) is 12.0. The van der Waals surface area contributed by atoms with Gasteiger partial charge >= 0.3 is 0 Å². The summed E-state index contributed by atoms with van der Waals surface area (Å²) in [7, 11) is -0.506. The zero-order chi connectivity index (χ0) is 14.8. The number of aryl methyl sites for hydroxylation is 1. The van der Waals surface area contributed by atoms with E-state index < -0.39 is 10.0 Å². The maximum absolute atomic E-state index is 12.3. The average molecular weight is 315 g/mol. The molecular weight excluding hydrogens is 300 g/mol. The van der Waals surface area contributed by atoms with E-state index in [1.165, 1.54) is 22.2 Å². The van der Waals surface area contributed by atoms with Gasteiger partial charge in [0.1, 0.15) is 5.15 Å². The predicted molar refractivity (Wildman–Crippen MR) is 76.0 cm³/mol. The summed E-state index contributed by atoms with van der Waals surface area (Å²) in [5.41, 5.74) is 1.02. The van der Waals surface area contributed by atoms with Gasteiger partial charge in [-0.05, 0) is 24.1 Å². The van der Waals surface area contributed by atoms with Gasteiger partial charge in [0.25, 0.3) is 10.0 Å². The van der Waals surface area contributed by atoms with Crippen molar-refractivity contribution in [1.82, 2.24) is 18.8 Å². The van der Waals surface area contributed by atoms with Crippen LogP contribution in [0.1, 0.15) is 5.56 Å². The lowest BCUT2D eigenvalue weighted by atomic mass is 10.2. The molecule has 0 N–H and O–H groups in total. The van der Waals surface area contributed by atoms with Gasteiger partial charge in [-0.15, -0.1) is 0 Å². The maximum Gasteiger partial charge on any atom is 0.263 e. The molecule has 0 fully saturated rings. The topological polar surface area (TPSA) is 68.1 Å². The number of pyridine rings is 1. The molecule has 0 aromatic carbocycles. The third kappa shape index (κ3) is 3.00. The van der Waals surface area contributed by atoms with Gasteiger partial charge < -0.3 is 4.57 Å². The van der Waals surface area contributed by atoms with E-state index in [0.717, 1.165) is 5.56 Å². The van der Waals surface area contributed by atoms with Crippen molar-refractivity contribution in [1.29, 1.82) is 0 Å². The molecule has 8 heteroatoms. The van der Waals surface area contributed by atoms with Crippen molar-refractivity contribution in [2.24, 2.45) is 7.05 Å². The highest BCUT2D eigenvalue weighted by Crippen LogP contribution is 2.21. The predicted octanol–water partition coefficient (Wildman–Crippen LogP) is 1.33. The Morgan fingerprint density at radius 3 is 2.55 bits per heavy atom. The Morgan fingerprint density at radius 1 is 1.35 bits per heavy atom. The molecule has 2 aromatic heterocycles. The zero-order valence-electron chi connectivity index (χ0n) is 11.2. The van der Waals surface area contributed by atoms with Crippen LogP contribution in [0.4, 0.5) is 0 Å². The molecule has 0 amide bonds. The lowest BCUT2D eigenvalue weighted by Crippen LogP contribution is -2.29. The number of aromatic nitrogens is 3. The van der Waals surface area contributed by atoms with Gasteiger partial charge in [-0.2, -0.15) is 4.31 Å². The minimum absolute atomic E-state index is 0.112. The fraction of sp³-hybridized carbons (Fsp3) is 0.333. The van der Waals surface area contributed by atoms with Gasteiger partial charge in [0.05, 0.1) is 6.33 Å². The molecule has 2 aromatic rings. The highest BCUT2D eigenvalue weighted by molar-refractivity contribution is 7.89. The van der Waals surface area contributed by atoms with E-state index in [0.29, 0.717) is 13.0 Å². The van der Waals surface area contributed by atoms with Crippen LogP contribution in [0.15, 0.2) is 35.9 Å². The minimum atomic E-state index is -3.67. The van der Waals surface area contributed by atoms with Gasteiger partial charge in [-0.1, -0.05) is 11.6 Å². The molecular formula is C12H15ClN4O2S. The Morgan fingerprint density at radius 2 is 2.00 bits per heavy atom. The second kappa shape index (κ2) is 5.90. The quantitative estimate of drug-likeness (QED) is 0.835. The summed E-state index contributed by atoms with van der Waals surface area (Å²) in [6.07, 6.45) is 5.34. The van der Waals surface area contributed by atoms with Crippen molar-refractivity contribution in [2.75, 3.05) is 13.6 Å². The molecule has 0 saturated carbocycles. The van der Waals surface area contributed by atoms with Crippen molar-refractivity contribution in [2.45, 2.75) is 11.4 Å². The van der Waals surface area contributed by atoms with Crippen molar-refractivity contribution in [3.05, 3.63) is 41.6 Å². The number of rotatable bonds is 5. The summed E-state index contributed by atoms with van der Waals surface area (Å²) in [6, 6.07) is 3.71. The summed E-state index contributed by atoms with van der Waals surface area (Å²) >= 11 is 5.94. The highest BCUT2D eigenvalue weighted by Gasteiger charge is 2.26. The van der Waals surface area contributed by atoms with Gasteiger partial charge in [-0.25, -0.2) is 13.4 Å². The van der Waals surface area contributed by atoms with Crippen molar-refractivity contribution < 1.29 is 8.42 Å². The van der Waals surface area contributed by atoms with Crippen LogP contribution in [0.3, 0.4) is 0 Å². The Labute approximate surface area is 123 Å². The third-order valence-corrected chi connectivity index (χ3v) is 5.30. The maximum atomic E-state index is 12.3. The van der Waals surface area contributed by atoms with E-state index >= 15 is 0 Å². The van der Waals surface area contributed by atoms with Crippen LogP contribution in [-0.2, 0) is 23.5 Å². The molecule has 108 valence electrons. The van der Waals surface area contributed by atoms with Crippen LogP contribution >= 0.6 is 11.6 Å². The second-order valence-corrected chi connectivity index (χ2v) is 6.70. The molecule has 0 aliphatic rings. The second-order valence-electron chi connectivity index (χ2n) is 4.38. The van der Waals surface area contributed by atoms with Crippen LogP contribution in [-0.4, -0.2) is 40.9 Å². The van der Waals surface area contributed by atoms with Crippen molar-refractivity contribution in [3.63, 3.8) is 0 Å². The van der Waals surface area contributed by atoms with Gasteiger partial charge in [0.2, 0.25) is 5.03 Å².